The van der Waals surface area contributed by atoms with Crippen LogP contribution in [0.15, 0.2) is 48.8 Å². The van der Waals surface area contributed by atoms with Crippen molar-refractivity contribution in [3.8, 4) is 0 Å². The molecule has 3 rings (SSSR count). The van der Waals surface area contributed by atoms with Gasteiger partial charge in [-0.1, -0.05) is 12.1 Å². The smallest absolute Gasteiger partial charge is 0.430 e. The fourth-order valence-electron chi connectivity index (χ4n) is 2.81. The van der Waals surface area contributed by atoms with Crippen molar-refractivity contribution >= 4 is 23.3 Å². The molecular formula is C20H15F9N5O4+. The summed E-state index contributed by atoms with van der Waals surface area (Å²) in [7, 11) is 0. The summed E-state index contributed by atoms with van der Waals surface area (Å²) in [6, 6.07) is 5.75. The highest BCUT2D eigenvalue weighted by Crippen LogP contribution is 2.31. The molecule has 0 aromatic carbocycles. The lowest BCUT2D eigenvalue weighted by atomic mass is 10.1. The van der Waals surface area contributed by atoms with Crippen LogP contribution in [0.2, 0.25) is 0 Å². The third kappa shape index (κ3) is 8.07. The number of carboxylic acid groups (broad SMARTS) is 1. The molecule has 0 aliphatic rings. The number of alkyl halides is 9. The number of nitrogens with zero attached hydrogens (tertiary/aromatic N) is 1. The largest absolute Gasteiger partial charge is 0.542 e. The van der Waals surface area contributed by atoms with Crippen molar-refractivity contribution in [3.05, 3.63) is 66.0 Å². The minimum absolute atomic E-state index is 0.00451. The fraction of sp³-hybridized carbons (Fsp3) is 0.250. The van der Waals surface area contributed by atoms with Gasteiger partial charge < -0.3 is 20.5 Å². The van der Waals surface area contributed by atoms with Gasteiger partial charge >= 0.3 is 30.3 Å². The van der Waals surface area contributed by atoms with Crippen molar-refractivity contribution in [2.45, 2.75) is 24.6 Å². The topological polar surface area (TPSA) is 132 Å². The Hall–Kier alpha value is -4.38. The summed E-state index contributed by atoms with van der Waals surface area (Å²) in [5.74, 6) is -5.87. The van der Waals surface area contributed by atoms with Crippen LogP contribution in [0.1, 0.15) is 32.8 Å². The second kappa shape index (κ2) is 11.3. The van der Waals surface area contributed by atoms with Crippen LogP contribution in [0.5, 0.6) is 0 Å². The molecule has 1 atom stereocenters. The molecule has 0 saturated carbocycles. The Morgan fingerprint density at radius 2 is 1.55 bits per heavy atom. The first kappa shape index (κ1) is 29.8. The zero-order valence-electron chi connectivity index (χ0n) is 18.4. The van der Waals surface area contributed by atoms with Gasteiger partial charge in [-0.2, -0.15) is 43.9 Å². The quantitative estimate of drug-likeness (QED) is 0.320. The number of carbonyl (C=O) groups is 3. The summed E-state index contributed by atoms with van der Waals surface area (Å²) >= 11 is 0. The molecule has 3 aromatic heterocycles. The number of carbonyl (C=O) groups excluding carboxylic acids is 3. The van der Waals surface area contributed by atoms with Crippen LogP contribution >= 0.6 is 0 Å². The zero-order valence-corrected chi connectivity index (χ0v) is 18.4. The Bertz CT molecular complexity index is 1290. The number of rotatable bonds is 5. The molecular weight excluding hydrogens is 545 g/mol. The molecule has 0 radical (unpaired) electrons. The van der Waals surface area contributed by atoms with Gasteiger partial charge in [-0.3, -0.25) is 9.59 Å². The molecule has 0 aliphatic heterocycles. The van der Waals surface area contributed by atoms with Crippen LogP contribution in [0, 0.1) is 0 Å². The summed E-state index contributed by atoms with van der Waals surface area (Å²) in [4.78, 5) is 38.3. The minimum atomic E-state index is -5.19. The first-order valence-corrected chi connectivity index (χ1v) is 9.91. The van der Waals surface area contributed by atoms with E-state index in [1.54, 1.807) is 5.32 Å². The van der Waals surface area contributed by atoms with E-state index in [1.165, 1.54) is 42.7 Å². The van der Waals surface area contributed by atoms with Crippen LogP contribution in [-0.4, -0.2) is 47.8 Å². The average molecular weight is 560 g/mol. The number of pyridine rings is 2. The molecule has 0 spiro atoms. The average Bonchev–Trinajstić information content (AvgIpc) is 3.20. The third-order valence-corrected chi connectivity index (χ3v) is 4.37. The van der Waals surface area contributed by atoms with Crippen molar-refractivity contribution in [3.63, 3.8) is 0 Å². The lowest BCUT2D eigenvalue weighted by molar-refractivity contribution is -0.514. The van der Waals surface area contributed by atoms with Crippen LogP contribution in [0.4, 0.5) is 39.5 Å². The molecule has 1 unspecified atom stereocenters. The van der Waals surface area contributed by atoms with E-state index < -0.39 is 60.4 Å². The summed E-state index contributed by atoms with van der Waals surface area (Å²) in [6.45, 7) is -1.62. The molecule has 0 fully saturated rings. The van der Waals surface area contributed by atoms with Gasteiger partial charge in [0.05, 0.1) is 6.20 Å². The highest BCUT2D eigenvalue weighted by atomic mass is 19.4. The summed E-state index contributed by atoms with van der Waals surface area (Å²) in [5.41, 5.74) is -0.770. The maximum atomic E-state index is 13.5. The maximum Gasteiger partial charge on any atom is 0.430 e. The molecule has 0 saturated heterocycles. The lowest BCUT2D eigenvalue weighted by Gasteiger charge is -2.17. The molecule has 3 aromatic rings. The third-order valence-electron chi connectivity index (χ3n) is 4.37. The number of aromatic nitrogens is 3. The van der Waals surface area contributed by atoms with Crippen molar-refractivity contribution in [2.75, 3.05) is 6.54 Å². The Labute approximate surface area is 205 Å². The number of H-pyrrole nitrogens is 2. The van der Waals surface area contributed by atoms with Crippen LogP contribution < -0.4 is 25.1 Å². The van der Waals surface area contributed by atoms with E-state index in [0.717, 1.165) is 10.5 Å². The summed E-state index contributed by atoms with van der Waals surface area (Å²) in [5, 5.41) is 12.3. The van der Waals surface area contributed by atoms with E-state index in [9.17, 15) is 49.1 Å². The van der Waals surface area contributed by atoms with Crippen molar-refractivity contribution in [1.82, 2.24) is 15.6 Å². The SMILES string of the molecule is O=C(NC(c1cccc[nH+]1)C(F)(F)F)c1[nH]c(C(=O)NCC(F)(F)F)[n+]2ccccc12.O=C([O-])C(F)(F)F. The predicted molar refractivity (Wildman–Crippen MR) is 103 cm³/mol. The van der Waals surface area contributed by atoms with E-state index in [-0.39, 0.29) is 11.2 Å². The van der Waals surface area contributed by atoms with Gasteiger partial charge in [-0.05, 0) is 12.1 Å². The normalized spacial score (nSPS) is 12.8. The lowest BCUT2D eigenvalue weighted by Crippen LogP contribution is -2.41. The van der Waals surface area contributed by atoms with Crippen molar-refractivity contribution < 1.29 is 68.4 Å². The molecule has 0 aliphatic carbocycles. The number of halogens is 9. The van der Waals surface area contributed by atoms with Crippen LogP contribution in [0.3, 0.4) is 0 Å². The number of amides is 2. The first-order valence-electron chi connectivity index (χ1n) is 9.91. The van der Waals surface area contributed by atoms with Crippen LogP contribution in [0.25, 0.3) is 5.52 Å². The first-order chi connectivity index (χ1) is 17.4. The van der Waals surface area contributed by atoms with Gasteiger partial charge in [0, 0.05) is 12.1 Å². The minimum Gasteiger partial charge on any atom is -0.542 e. The van der Waals surface area contributed by atoms with Gasteiger partial charge in [0.25, 0.3) is 5.91 Å². The van der Waals surface area contributed by atoms with Gasteiger partial charge in [0.2, 0.25) is 17.4 Å². The standard InChI is InChI=1S/C18H13F6N5O2.C2HF3O2/c19-17(20,21)9-26-16(31)14-27-12(11-6-2-4-8-29(11)14)15(30)28-13(18(22,23)24)10-5-1-3-7-25-10;3-2(4,5)1(6)7/h1-8,13H,9H2,(H2,26,28,30,31);(H,6,7)/p+1. The molecule has 2 amide bonds. The molecule has 0 bridgehead atoms. The van der Waals surface area contributed by atoms with Gasteiger partial charge in [-0.25, -0.2) is 9.97 Å². The number of hydrogen-bond acceptors (Lipinski definition) is 4. The van der Waals surface area contributed by atoms with Gasteiger partial charge in [0.1, 0.15) is 12.5 Å². The Morgan fingerprint density at radius 1 is 0.947 bits per heavy atom. The fourth-order valence-corrected chi connectivity index (χ4v) is 2.81. The highest BCUT2D eigenvalue weighted by Gasteiger charge is 2.46. The number of hydrogen-bond donors (Lipinski definition) is 3. The molecule has 38 heavy (non-hydrogen) atoms. The monoisotopic (exact) mass is 560 g/mol. The van der Waals surface area contributed by atoms with Crippen LogP contribution in [-0.2, 0) is 4.79 Å². The van der Waals surface area contributed by atoms with Gasteiger partial charge in [0.15, 0.2) is 11.7 Å². The highest BCUT2D eigenvalue weighted by molar-refractivity contribution is 6.00. The number of aromatic amines is 2. The molecule has 9 nitrogen and oxygen atoms in total. The molecule has 3 heterocycles. The molecule has 4 N–H and O–H groups in total. The number of aliphatic carboxylic acids is 1. The van der Waals surface area contributed by atoms with Crippen molar-refractivity contribution in [2.24, 2.45) is 0 Å². The Kier molecular flexibility index (Phi) is 8.91. The van der Waals surface area contributed by atoms with Gasteiger partial charge in [-0.15, -0.1) is 0 Å². The molecule has 18 heteroatoms. The van der Waals surface area contributed by atoms with E-state index >= 15 is 0 Å². The number of nitrogens with one attached hydrogen (secondary N) is 4. The van der Waals surface area contributed by atoms with E-state index in [4.69, 9.17) is 9.90 Å². The Balaban J connectivity index is 0.000000638. The van der Waals surface area contributed by atoms with Crippen molar-refractivity contribution in [1.29, 1.82) is 0 Å². The number of fused-ring (bicyclic) bond motifs is 1. The predicted octanol–water partition coefficient (Wildman–Crippen LogP) is 1.19. The zero-order chi connectivity index (χ0) is 28.9. The Morgan fingerprint density at radius 3 is 2.05 bits per heavy atom. The summed E-state index contributed by atoms with van der Waals surface area (Å²) < 4.78 is 110. The number of imidazole rings is 1. The number of carboxylic acids is 1. The van der Waals surface area contributed by atoms with E-state index in [1.807, 2.05) is 5.32 Å². The second-order valence-electron chi connectivity index (χ2n) is 7.15. The molecule has 206 valence electrons. The summed E-state index contributed by atoms with van der Waals surface area (Å²) in [6.07, 6.45) is -12.2. The maximum absolute atomic E-state index is 13.5. The van der Waals surface area contributed by atoms with E-state index in [0.29, 0.717) is 0 Å². The second-order valence-corrected chi connectivity index (χ2v) is 7.15. The van der Waals surface area contributed by atoms with E-state index in [2.05, 4.69) is 9.97 Å².